The molecule has 0 unspecified atom stereocenters. The first kappa shape index (κ1) is 16.0. The molecule has 0 amide bonds. The van der Waals surface area contributed by atoms with Crippen molar-refractivity contribution in [3.05, 3.63) is 52.4 Å². The van der Waals surface area contributed by atoms with E-state index < -0.39 is 0 Å². The summed E-state index contributed by atoms with van der Waals surface area (Å²) < 4.78 is 7.03. The minimum atomic E-state index is 0.215. The van der Waals surface area contributed by atoms with Crippen LogP contribution in [0.25, 0.3) is 16.6 Å². The van der Waals surface area contributed by atoms with E-state index >= 15 is 0 Å². The third-order valence-electron chi connectivity index (χ3n) is 7.00. The molecule has 5 heterocycles. The van der Waals surface area contributed by atoms with Gasteiger partial charge in [0.15, 0.2) is 5.01 Å². The smallest absolute Gasteiger partial charge is 0.160 e. The predicted molar refractivity (Wildman–Crippen MR) is 110 cm³/mol. The van der Waals surface area contributed by atoms with Crippen molar-refractivity contribution in [3.8, 4) is 0 Å². The van der Waals surface area contributed by atoms with Crippen molar-refractivity contribution < 1.29 is 0 Å². The maximum Gasteiger partial charge on any atom is 0.160 e. The highest BCUT2D eigenvalue weighted by Crippen LogP contribution is 2.57. The van der Waals surface area contributed by atoms with Crippen LogP contribution in [0.3, 0.4) is 0 Å². The van der Waals surface area contributed by atoms with Crippen LogP contribution < -0.4 is 0 Å². The second-order valence-corrected chi connectivity index (χ2v) is 9.02. The molecule has 5 heteroatoms. The Labute approximate surface area is 163 Å². The lowest BCUT2D eigenvalue weighted by Gasteiger charge is -2.53. The second kappa shape index (κ2) is 5.52. The van der Waals surface area contributed by atoms with Gasteiger partial charge in [-0.25, -0.2) is 4.98 Å². The predicted octanol–water partition coefficient (Wildman–Crippen LogP) is 4.79. The van der Waals surface area contributed by atoms with Gasteiger partial charge >= 0.3 is 0 Å². The van der Waals surface area contributed by atoms with Gasteiger partial charge in [0, 0.05) is 23.0 Å². The lowest BCUT2D eigenvalue weighted by atomic mass is 9.66. The highest BCUT2D eigenvalue weighted by molar-refractivity contribution is 7.06. The van der Waals surface area contributed by atoms with E-state index in [1.807, 2.05) is 6.92 Å². The van der Waals surface area contributed by atoms with Gasteiger partial charge < -0.3 is 4.57 Å². The van der Waals surface area contributed by atoms with E-state index in [4.69, 9.17) is 4.98 Å². The van der Waals surface area contributed by atoms with Crippen LogP contribution in [0.4, 0.5) is 0 Å². The Hall–Kier alpha value is -1.98. The highest BCUT2D eigenvalue weighted by atomic mass is 32.1. The fraction of sp³-hybridized carbons (Fsp3) is 0.455. The molecule has 0 bridgehead atoms. The van der Waals surface area contributed by atoms with Crippen molar-refractivity contribution in [2.24, 2.45) is 5.41 Å². The number of aryl methyl sites for hydroxylation is 1. The quantitative estimate of drug-likeness (QED) is 0.645. The number of benzene rings is 1. The zero-order valence-electron chi connectivity index (χ0n) is 15.9. The van der Waals surface area contributed by atoms with Gasteiger partial charge in [-0.1, -0.05) is 25.1 Å². The summed E-state index contributed by atoms with van der Waals surface area (Å²) in [7, 11) is 0. The van der Waals surface area contributed by atoms with Gasteiger partial charge in [-0.15, -0.1) is 0 Å². The Balaban J connectivity index is 1.73. The average molecular weight is 377 g/mol. The topological polar surface area (TPSA) is 34.0 Å². The van der Waals surface area contributed by atoms with Crippen molar-refractivity contribution in [1.82, 2.24) is 18.8 Å². The molecule has 6 rings (SSSR count). The van der Waals surface area contributed by atoms with Gasteiger partial charge in [0.1, 0.15) is 5.82 Å². The number of nitrogens with zero attached hydrogens (tertiary/aromatic N) is 4. The minimum Gasteiger partial charge on any atom is -0.309 e. The normalized spacial score (nSPS) is 26.9. The monoisotopic (exact) mass is 376 g/mol. The standard InChI is InChI=1S/C22H24N4S/c1-3-22-10-6-11-25-12-9-16-15-7-4-5-8-17(15)26(19(16)20(22)25)18(13-22)21-23-14(2)24-27-21/h4-5,7-8,13,20H,3,6,9-12H2,1-2H3/t20-,22+/m1/s1. The van der Waals surface area contributed by atoms with Crippen LogP contribution >= 0.6 is 11.5 Å². The Kier molecular flexibility index (Phi) is 3.27. The van der Waals surface area contributed by atoms with E-state index in [0.717, 1.165) is 17.3 Å². The van der Waals surface area contributed by atoms with Gasteiger partial charge in [0.25, 0.3) is 0 Å². The summed E-state index contributed by atoms with van der Waals surface area (Å²) in [5, 5.41) is 2.49. The van der Waals surface area contributed by atoms with Crippen molar-refractivity contribution in [3.63, 3.8) is 0 Å². The van der Waals surface area contributed by atoms with Crippen LogP contribution in [-0.4, -0.2) is 31.9 Å². The third-order valence-corrected chi connectivity index (χ3v) is 7.82. The molecule has 4 nitrogen and oxygen atoms in total. The maximum absolute atomic E-state index is 4.79. The third kappa shape index (κ3) is 2.02. The number of aromatic nitrogens is 3. The number of hydrogen-bond acceptors (Lipinski definition) is 4. The van der Waals surface area contributed by atoms with E-state index in [1.165, 1.54) is 54.6 Å². The molecule has 138 valence electrons. The molecule has 0 aliphatic carbocycles. The second-order valence-electron chi connectivity index (χ2n) is 8.27. The zero-order chi connectivity index (χ0) is 18.2. The number of piperidine rings is 1. The first-order valence-electron chi connectivity index (χ1n) is 10.1. The van der Waals surface area contributed by atoms with Crippen LogP contribution in [0, 0.1) is 12.3 Å². The highest BCUT2D eigenvalue weighted by Gasteiger charge is 2.50. The molecule has 0 spiro atoms. The van der Waals surface area contributed by atoms with Crippen LogP contribution in [0.2, 0.25) is 0 Å². The molecule has 3 aliphatic rings. The van der Waals surface area contributed by atoms with Gasteiger partial charge in [0.2, 0.25) is 0 Å². The fourth-order valence-corrected chi connectivity index (χ4v) is 6.51. The van der Waals surface area contributed by atoms with E-state index in [9.17, 15) is 0 Å². The molecule has 27 heavy (non-hydrogen) atoms. The van der Waals surface area contributed by atoms with E-state index in [2.05, 4.69) is 51.1 Å². The summed E-state index contributed by atoms with van der Waals surface area (Å²) in [5.41, 5.74) is 5.92. The van der Waals surface area contributed by atoms with E-state index in [-0.39, 0.29) is 5.41 Å². The number of fused-ring (bicyclic) bond motifs is 3. The number of rotatable bonds is 2. The number of para-hydroxylation sites is 1. The summed E-state index contributed by atoms with van der Waals surface area (Å²) in [6.07, 6.45) is 7.46. The molecule has 1 fully saturated rings. The van der Waals surface area contributed by atoms with E-state index in [1.54, 1.807) is 17.1 Å². The Morgan fingerprint density at radius 1 is 1.26 bits per heavy atom. The molecular weight excluding hydrogens is 352 g/mol. The first-order valence-corrected chi connectivity index (χ1v) is 10.9. The molecule has 2 aromatic heterocycles. The van der Waals surface area contributed by atoms with Crippen molar-refractivity contribution in [2.45, 2.75) is 45.6 Å². The van der Waals surface area contributed by atoms with Crippen molar-refractivity contribution >= 4 is 28.1 Å². The number of hydrogen-bond donors (Lipinski definition) is 0. The van der Waals surface area contributed by atoms with E-state index in [0.29, 0.717) is 6.04 Å². The van der Waals surface area contributed by atoms with Gasteiger partial charge in [-0.3, -0.25) is 4.90 Å². The van der Waals surface area contributed by atoms with Crippen molar-refractivity contribution in [2.75, 3.05) is 13.1 Å². The lowest BCUT2D eigenvalue weighted by Crippen LogP contribution is -2.50. The largest absolute Gasteiger partial charge is 0.309 e. The molecule has 0 N–H and O–H groups in total. The van der Waals surface area contributed by atoms with Crippen LogP contribution in [-0.2, 0) is 6.42 Å². The maximum atomic E-state index is 4.79. The molecule has 3 aromatic rings. The van der Waals surface area contributed by atoms with Crippen molar-refractivity contribution in [1.29, 1.82) is 0 Å². The average Bonchev–Trinajstić information content (AvgIpc) is 3.28. The summed E-state index contributed by atoms with van der Waals surface area (Å²) in [4.78, 5) is 7.55. The molecule has 2 atom stereocenters. The SMILES string of the molecule is CC[C@@]12C=C(c3nc(C)ns3)n3c4c(c5ccccc53)CCN(CCC1)[C@H]42. The molecule has 1 aromatic carbocycles. The molecule has 1 saturated heterocycles. The van der Waals surface area contributed by atoms with Gasteiger partial charge in [-0.2, -0.15) is 4.37 Å². The summed E-state index contributed by atoms with van der Waals surface area (Å²) in [5.74, 6) is 0.874. The van der Waals surface area contributed by atoms with Crippen LogP contribution in [0.15, 0.2) is 30.3 Å². The summed E-state index contributed by atoms with van der Waals surface area (Å²) >= 11 is 1.54. The van der Waals surface area contributed by atoms with Crippen LogP contribution in [0.1, 0.15) is 54.3 Å². The lowest BCUT2D eigenvalue weighted by molar-refractivity contribution is 0.0271. The zero-order valence-corrected chi connectivity index (χ0v) is 16.7. The molecular formula is C22H24N4S. The summed E-state index contributed by atoms with van der Waals surface area (Å²) in [6, 6.07) is 9.45. The first-order chi connectivity index (χ1) is 13.2. The Morgan fingerprint density at radius 2 is 2.15 bits per heavy atom. The Bertz CT molecular complexity index is 1090. The van der Waals surface area contributed by atoms with Crippen LogP contribution in [0.5, 0.6) is 0 Å². The molecule has 0 radical (unpaired) electrons. The fourth-order valence-electron chi connectivity index (χ4n) is 5.84. The Morgan fingerprint density at radius 3 is 2.96 bits per heavy atom. The summed E-state index contributed by atoms with van der Waals surface area (Å²) in [6.45, 7) is 6.78. The molecule has 0 saturated carbocycles. The minimum absolute atomic E-state index is 0.215. The molecule has 3 aliphatic heterocycles. The van der Waals surface area contributed by atoms with Gasteiger partial charge in [0.05, 0.1) is 17.3 Å². The van der Waals surface area contributed by atoms with Gasteiger partial charge in [-0.05, 0) is 68.4 Å².